The number of piperazine rings is 1. The molecular formula is C21H24F3N5O. The first kappa shape index (κ1) is 21.5. The van der Waals surface area contributed by atoms with Crippen LogP contribution in [0, 0.1) is 17.5 Å². The second-order valence-electron chi connectivity index (χ2n) is 6.75. The molecule has 0 aliphatic carbocycles. The highest BCUT2D eigenvalue weighted by molar-refractivity contribution is 5.94. The molecule has 0 radical (unpaired) electrons. The Morgan fingerprint density at radius 1 is 1.00 bits per heavy atom. The van der Waals surface area contributed by atoms with Crippen LogP contribution in [-0.4, -0.2) is 56.0 Å². The molecular weight excluding hydrogens is 395 g/mol. The van der Waals surface area contributed by atoms with Gasteiger partial charge in [0.2, 0.25) is 5.91 Å². The highest BCUT2D eigenvalue weighted by Gasteiger charge is 2.20. The Morgan fingerprint density at radius 2 is 1.70 bits per heavy atom. The predicted molar refractivity (Wildman–Crippen MR) is 111 cm³/mol. The second-order valence-corrected chi connectivity index (χ2v) is 6.75. The van der Waals surface area contributed by atoms with Gasteiger partial charge < -0.3 is 20.4 Å². The zero-order valence-electron chi connectivity index (χ0n) is 16.7. The fourth-order valence-corrected chi connectivity index (χ4v) is 3.20. The van der Waals surface area contributed by atoms with Gasteiger partial charge in [0, 0.05) is 38.4 Å². The number of guanidine groups is 1. The van der Waals surface area contributed by atoms with Crippen LogP contribution in [0.4, 0.5) is 24.5 Å². The van der Waals surface area contributed by atoms with E-state index in [1.807, 2.05) is 30.0 Å². The first-order valence-corrected chi connectivity index (χ1v) is 9.76. The van der Waals surface area contributed by atoms with Gasteiger partial charge in [-0.2, -0.15) is 0 Å². The lowest BCUT2D eigenvalue weighted by Gasteiger charge is -2.37. The molecule has 30 heavy (non-hydrogen) atoms. The maximum Gasteiger partial charge on any atom is 0.246 e. The van der Waals surface area contributed by atoms with Crippen molar-refractivity contribution < 1.29 is 18.0 Å². The number of amides is 1. The van der Waals surface area contributed by atoms with Crippen molar-refractivity contribution in [3.63, 3.8) is 0 Å². The first-order valence-electron chi connectivity index (χ1n) is 9.76. The van der Waals surface area contributed by atoms with Crippen LogP contribution >= 0.6 is 0 Å². The van der Waals surface area contributed by atoms with Gasteiger partial charge in [0.1, 0.15) is 6.54 Å². The number of hydrogen-bond donors (Lipinski definition) is 2. The van der Waals surface area contributed by atoms with Gasteiger partial charge in [0.25, 0.3) is 0 Å². The van der Waals surface area contributed by atoms with E-state index in [0.717, 1.165) is 44.0 Å². The van der Waals surface area contributed by atoms with Crippen molar-refractivity contribution in [2.45, 2.75) is 6.92 Å². The quantitative estimate of drug-likeness (QED) is 0.445. The molecule has 0 atom stereocenters. The highest BCUT2D eigenvalue weighted by atomic mass is 19.2. The van der Waals surface area contributed by atoms with Crippen LogP contribution in [0.1, 0.15) is 6.92 Å². The van der Waals surface area contributed by atoms with Gasteiger partial charge in [-0.25, -0.2) is 18.2 Å². The molecule has 1 fully saturated rings. The van der Waals surface area contributed by atoms with E-state index in [1.165, 1.54) is 0 Å². The number of carbonyl (C=O) groups is 1. The van der Waals surface area contributed by atoms with Crippen molar-refractivity contribution in [3.05, 3.63) is 59.9 Å². The minimum atomic E-state index is -1.62. The minimum Gasteiger partial charge on any atom is -0.368 e. The Kier molecular flexibility index (Phi) is 7.16. The number of nitrogens with one attached hydrogen (secondary N) is 2. The second kappa shape index (κ2) is 10.00. The van der Waals surface area contributed by atoms with Crippen LogP contribution in [-0.2, 0) is 4.79 Å². The largest absolute Gasteiger partial charge is 0.368 e. The van der Waals surface area contributed by atoms with Gasteiger partial charge in [-0.3, -0.25) is 4.79 Å². The Hall–Kier alpha value is -3.23. The van der Waals surface area contributed by atoms with Crippen LogP contribution in [0.25, 0.3) is 0 Å². The van der Waals surface area contributed by atoms with Crippen molar-refractivity contribution in [2.75, 3.05) is 49.5 Å². The van der Waals surface area contributed by atoms with Crippen LogP contribution < -0.4 is 15.5 Å². The number of aliphatic imine (C=N–C) groups is 1. The van der Waals surface area contributed by atoms with Crippen molar-refractivity contribution >= 4 is 23.2 Å². The molecule has 9 heteroatoms. The van der Waals surface area contributed by atoms with Gasteiger partial charge >= 0.3 is 0 Å². The third kappa shape index (κ3) is 5.22. The summed E-state index contributed by atoms with van der Waals surface area (Å²) in [4.78, 5) is 20.8. The molecule has 2 aromatic carbocycles. The summed E-state index contributed by atoms with van der Waals surface area (Å²) < 4.78 is 40.0. The molecule has 1 heterocycles. The summed E-state index contributed by atoms with van der Waals surface area (Å²) in [6, 6.07) is 11.8. The van der Waals surface area contributed by atoms with Crippen LogP contribution in [0.5, 0.6) is 0 Å². The van der Waals surface area contributed by atoms with E-state index in [1.54, 1.807) is 0 Å². The normalized spacial score (nSPS) is 14.6. The molecule has 1 aliphatic rings. The third-order valence-corrected chi connectivity index (χ3v) is 4.72. The lowest BCUT2D eigenvalue weighted by Crippen LogP contribution is -2.52. The standard InChI is InChI=1S/C21H24F3N5O/c1-2-25-21(29-12-10-28(11-13-29)15-6-4-3-5-7-15)26-14-18(30)27-17-9-8-16(22)19(23)20(17)24/h3-9H,2,10-14H2,1H3,(H,25,26)(H,27,30). The molecule has 1 amide bonds. The van der Waals surface area contributed by atoms with E-state index in [9.17, 15) is 18.0 Å². The van der Waals surface area contributed by atoms with E-state index in [-0.39, 0.29) is 6.54 Å². The third-order valence-electron chi connectivity index (χ3n) is 4.72. The topological polar surface area (TPSA) is 60.0 Å². The summed E-state index contributed by atoms with van der Waals surface area (Å²) in [6.07, 6.45) is 0. The summed E-state index contributed by atoms with van der Waals surface area (Å²) >= 11 is 0. The zero-order chi connectivity index (χ0) is 21.5. The molecule has 1 saturated heterocycles. The molecule has 1 aliphatic heterocycles. The highest BCUT2D eigenvalue weighted by Crippen LogP contribution is 2.19. The molecule has 0 bridgehead atoms. The molecule has 2 aromatic rings. The number of rotatable bonds is 5. The van der Waals surface area contributed by atoms with E-state index >= 15 is 0 Å². The van der Waals surface area contributed by atoms with Crippen LogP contribution in [0.3, 0.4) is 0 Å². The molecule has 0 unspecified atom stereocenters. The molecule has 2 N–H and O–H groups in total. The number of hydrogen-bond acceptors (Lipinski definition) is 3. The molecule has 0 saturated carbocycles. The summed E-state index contributed by atoms with van der Waals surface area (Å²) in [5.74, 6) is -4.42. The van der Waals surface area contributed by atoms with Crippen LogP contribution in [0.2, 0.25) is 0 Å². The number of nitrogens with zero attached hydrogens (tertiary/aromatic N) is 3. The number of anilines is 2. The molecule has 0 aromatic heterocycles. The monoisotopic (exact) mass is 419 g/mol. The molecule has 0 spiro atoms. The van der Waals surface area contributed by atoms with E-state index in [0.29, 0.717) is 12.5 Å². The van der Waals surface area contributed by atoms with Crippen molar-refractivity contribution in [1.82, 2.24) is 10.2 Å². The van der Waals surface area contributed by atoms with Gasteiger partial charge in [-0.05, 0) is 31.2 Å². The van der Waals surface area contributed by atoms with Gasteiger partial charge in [-0.15, -0.1) is 0 Å². The fourth-order valence-electron chi connectivity index (χ4n) is 3.20. The van der Waals surface area contributed by atoms with Crippen molar-refractivity contribution in [3.8, 4) is 0 Å². The van der Waals surface area contributed by atoms with Gasteiger partial charge in [0.15, 0.2) is 23.4 Å². The average molecular weight is 419 g/mol. The summed E-state index contributed by atoms with van der Waals surface area (Å²) in [6.45, 7) is 5.32. The van der Waals surface area contributed by atoms with E-state index < -0.39 is 29.0 Å². The lowest BCUT2D eigenvalue weighted by atomic mass is 10.2. The predicted octanol–water partition coefficient (Wildman–Crippen LogP) is 2.83. The summed E-state index contributed by atoms with van der Waals surface area (Å²) in [5.41, 5.74) is 0.739. The molecule has 3 rings (SSSR count). The van der Waals surface area contributed by atoms with Crippen LogP contribution in [0.15, 0.2) is 47.5 Å². The number of halogens is 3. The SMILES string of the molecule is CCNC(=NCC(=O)Nc1ccc(F)c(F)c1F)N1CCN(c2ccccc2)CC1. The smallest absolute Gasteiger partial charge is 0.246 e. The van der Waals surface area contributed by atoms with Gasteiger partial charge in [0.05, 0.1) is 5.69 Å². The Balaban J connectivity index is 1.59. The first-order chi connectivity index (χ1) is 14.5. The Morgan fingerprint density at radius 3 is 2.37 bits per heavy atom. The fraction of sp³-hybridized carbons (Fsp3) is 0.333. The van der Waals surface area contributed by atoms with E-state index in [2.05, 4.69) is 32.7 Å². The Labute approximate surface area is 173 Å². The molecule has 6 nitrogen and oxygen atoms in total. The lowest BCUT2D eigenvalue weighted by molar-refractivity contribution is -0.114. The van der Waals surface area contributed by atoms with E-state index in [4.69, 9.17) is 0 Å². The molecule has 160 valence electrons. The Bertz CT molecular complexity index is 899. The summed E-state index contributed by atoms with van der Waals surface area (Å²) in [7, 11) is 0. The maximum absolute atomic E-state index is 13.7. The minimum absolute atomic E-state index is 0.278. The van der Waals surface area contributed by atoms with Crippen molar-refractivity contribution in [2.24, 2.45) is 4.99 Å². The average Bonchev–Trinajstić information content (AvgIpc) is 2.78. The number of para-hydroxylation sites is 1. The van der Waals surface area contributed by atoms with Crippen molar-refractivity contribution in [1.29, 1.82) is 0 Å². The summed E-state index contributed by atoms with van der Waals surface area (Å²) in [5, 5.41) is 5.37. The number of benzene rings is 2. The number of carbonyl (C=O) groups excluding carboxylic acids is 1. The van der Waals surface area contributed by atoms with Gasteiger partial charge in [-0.1, -0.05) is 18.2 Å². The maximum atomic E-state index is 13.7. The zero-order valence-corrected chi connectivity index (χ0v) is 16.7.